The molecule has 5 nitrogen and oxygen atoms in total. The second-order valence-electron chi connectivity index (χ2n) is 5.71. The van der Waals surface area contributed by atoms with E-state index in [2.05, 4.69) is 0 Å². The zero-order chi connectivity index (χ0) is 16.0. The van der Waals surface area contributed by atoms with Gasteiger partial charge < -0.3 is 4.90 Å². The lowest BCUT2D eigenvalue weighted by Gasteiger charge is -2.42. The van der Waals surface area contributed by atoms with Crippen molar-refractivity contribution in [3.63, 3.8) is 0 Å². The lowest BCUT2D eigenvalue weighted by atomic mass is 10.0. The number of imide groups is 1. The Morgan fingerprint density at radius 2 is 1.78 bits per heavy atom. The van der Waals surface area contributed by atoms with E-state index in [0.29, 0.717) is 18.7 Å². The van der Waals surface area contributed by atoms with Gasteiger partial charge in [-0.05, 0) is 16.8 Å². The molecule has 0 unspecified atom stereocenters. The van der Waals surface area contributed by atoms with Gasteiger partial charge in [-0.3, -0.25) is 19.3 Å². The van der Waals surface area contributed by atoms with Crippen LogP contribution in [0.2, 0.25) is 0 Å². The monoisotopic (exact) mass is 326 g/mol. The van der Waals surface area contributed by atoms with Gasteiger partial charge in [-0.15, -0.1) is 0 Å². The summed E-state index contributed by atoms with van der Waals surface area (Å²) in [7, 11) is 0. The van der Waals surface area contributed by atoms with E-state index in [1.165, 1.54) is 4.90 Å². The molecule has 6 heteroatoms. The quantitative estimate of drug-likeness (QED) is 0.850. The van der Waals surface area contributed by atoms with Crippen LogP contribution in [-0.4, -0.2) is 51.7 Å². The molecular formula is C17H14N2O3S. The summed E-state index contributed by atoms with van der Waals surface area (Å²) in [5.74, 6) is 0.0131. The first-order valence-corrected chi connectivity index (χ1v) is 8.39. The highest BCUT2D eigenvalue weighted by Crippen LogP contribution is 2.28. The Morgan fingerprint density at radius 3 is 2.52 bits per heavy atom. The van der Waals surface area contributed by atoms with Crippen LogP contribution in [-0.2, 0) is 4.79 Å². The van der Waals surface area contributed by atoms with Crippen LogP contribution in [0.4, 0.5) is 4.79 Å². The highest BCUT2D eigenvalue weighted by Gasteiger charge is 2.43. The minimum absolute atomic E-state index is 0.0511. The van der Waals surface area contributed by atoms with Crippen molar-refractivity contribution in [2.24, 2.45) is 0 Å². The van der Waals surface area contributed by atoms with Gasteiger partial charge in [0, 0.05) is 18.7 Å². The molecule has 2 aromatic carbocycles. The maximum absolute atomic E-state index is 12.7. The largest absolute Gasteiger partial charge is 0.334 e. The molecule has 0 radical (unpaired) electrons. The summed E-state index contributed by atoms with van der Waals surface area (Å²) in [6.45, 7) is 0.834. The predicted molar refractivity (Wildman–Crippen MR) is 88.3 cm³/mol. The van der Waals surface area contributed by atoms with Crippen molar-refractivity contribution in [1.29, 1.82) is 0 Å². The molecule has 0 spiro atoms. The van der Waals surface area contributed by atoms with Crippen molar-refractivity contribution in [2.75, 3.05) is 18.8 Å². The molecule has 0 aromatic heterocycles. The zero-order valence-corrected chi connectivity index (χ0v) is 13.1. The van der Waals surface area contributed by atoms with Crippen molar-refractivity contribution >= 4 is 39.6 Å². The smallest absolute Gasteiger partial charge is 0.289 e. The summed E-state index contributed by atoms with van der Waals surface area (Å²) in [5, 5.41) is 1.75. The number of hydrogen-bond acceptors (Lipinski definition) is 4. The summed E-state index contributed by atoms with van der Waals surface area (Å²) in [5.41, 5.74) is 0.662. The van der Waals surface area contributed by atoms with Gasteiger partial charge in [0.2, 0.25) is 5.91 Å². The molecule has 2 saturated heterocycles. The number of fused-ring (bicyclic) bond motifs is 1. The lowest BCUT2D eigenvalue weighted by molar-refractivity contribution is -0.128. The number of carbonyl (C=O) groups is 3. The molecule has 2 aliphatic rings. The van der Waals surface area contributed by atoms with E-state index in [-0.39, 0.29) is 28.8 Å². The highest BCUT2D eigenvalue weighted by molar-refractivity contribution is 8.14. The number of hydrogen-bond donors (Lipinski definition) is 0. The highest BCUT2D eigenvalue weighted by atomic mass is 32.2. The molecule has 0 saturated carbocycles. The van der Waals surface area contributed by atoms with E-state index in [1.54, 1.807) is 4.90 Å². The van der Waals surface area contributed by atoms with E-state index in [4.69, 9.17) is 0 Å². The van der Waals surface area contributed by atoms with Crippen LogP contribution in [0, 0.1) is 0 Å². The molecule has 0 aliphatic carbocycles. The van der Waals surface area contributed by atoms with Crippen molar-refractivity contribution in [3.8, 4) is 0 Å². The molecule has 23 heavy (non-hydrogen) atoms. The summed E-state index contributed by atoms with van der Waals surface area (Å²) >= 11 is 1.03. The standard InChI is InChI=1S/C17H14N2O3S/c20-15-10-23-17(22)19(15)12-8-18(9-12)16(21)14-7-3-5-11-4-1-2-6-13(11)14/h1-7,12H,8-10H2. The van der Waals surface area contributed by atoms with E-state index in [0.717, 1.165) is 22.5 Å². The maximum Gasteiger partial charge on any atom is 0.289 e. The maximum atomic E-state index is 12.7. The number of nitrogens with zero attached hydrogens (tertiary/aromatic N) is 2. The fraction of sp³-hybridized carbons (Fsp3) is 0.235. The van der Waals surface area contributed by atoms with Gasteiger partial charge in [-0.25, -0.2) is 0 Å². The van der Waals surface area contributed by atoms with E-state index < -0.39 is 0 Å². The first kappa shape index (κ1) is 14.3. The fourth-order valence-electron chi connectivity index (χ4n) is 3.08. The topological polar surface area (TPSA) is 57.7 Å². The summed E-state index contributed by atoms with van der Waals surface area (Å²) in [6, 6.07) is 13.3. The number of benzene rings is 2. The number of likely N-dealkylation sites (tertiary alicyclic amines) is 1. The normalized spacial score (nSPS) is 18.6. The molecule has 2 heterocycles. The molecular weight excluding hydrogens is 312 g/mol. The van der Waals surface area contributed by atoms with Gasteiger partial charge >= 0.3 is 0 Å². The third kappa shape index (κ3) is 2.30. The Labute approximate surface area is 137 Å². The first-order chi connectivity index (χ1) is 11.1. The Bertz CT molecular complexity index is 808. The molecule has 0 bridgehead atoms. The van der Waals surface area contributed by atoms with Crippen LogP contribution in [0.25, 0.3) is 10.8 Å². The average Bonchev–Trinajstić information content (AvgIpc) is 2.85. The Morgan fingerprint density at radius 1 is 1.04 bits per heavy atom. The van der Waals surface area contributed by atoms with Crippen molar-refractivity contribution in [2.45, 2.75) is 6.04 Å². The van der Waals surface area contributed by atoms with E-state index >= 15 is 0 Å². The molecule has 3 amide bonds. The Hall–Kier alpha value is -2.34. The first-order valence-electron chi connectivity index (χ1n) is 7.41. The van der Waals surface area contributed by atoms with E-state index in [9.17, 15) is 14.4 Å². The average molecular weight is 326 g/mol. The lowest BCUT2D eigenvalue weighted by Crippen LogP contribution is -2.62. The number of amides is 3. The predicted octanol–water partition coefficient (Wildman–Crippen LogP) is 2.36. The fourth-order valence-corrected chi connectivity index (χ4v) is 3.86. The minimum atomic E-state index is -0.197. The third-order valence-corrected chi connectivity index (χ3v) is 5.15. The summed E-state index contributed by atoms with van der Waals surface area (Å²) in [6.07, 6.45) is 0. The molecule has 0 atom stereocenters. The third-order valence-electron chi connectivity index (χ3n) is 4.32. The van der Waals surface area contributed by atoms with Crippen LogP contribution < -0.4 is 0 Å². The zero-order valence-electron chi connectivity index (χ0n) is 12.3. The number of thioether (sulfide) groups is 1. The second-order valence-corrected chi connectivity index (χ2v) is 6.64. The van der Waals surface area contributed by atoms with Crippen LogP contribution >= 0.6 is 11.8 Å². The van der Waals surface area contributed by atoms with Crippen LogP contribution in [0.15, 0.2) is 42.5 Å². The van der Waals surface area contributed by atoms with Gasteiger partial charge in [-0.2, -0.15) is 0 Å². The van der Waals surface area contributed by atoms with Gasteiger partial charge in [0.1, 0.15) is 0 Å². The Kier molecular flexibility index (Phi) is 3.34. The van der Waals surface area contributed by atoms with Gasteiger partial charge in [-0.1, -0.05) is 48.2 Å². The SMILES string of the molecule is O=C(c1cccc2ccccc12)N1CC(N2C(=O)CSC2=O)C1. The van der Waals surface area contributed by atoms with E-state index in [1.807, 2.05) is 42.5 Å². The van der Waals surface area contributed by atoms with Crippen molar-refractivity contribution < 1.29 is 14.4 Å². The second kappa shape index (κ2) is 5.38. The molecule has 4 rings (SSSR count). The van der Waals surface area contributed by atoms with Crippen LogP contribution in [0.1, 0.15) is 10.4 Å². The Balaban J connectivity index is 1.53. The van der Waals surface area contributed by atoms with Crippen molar-refractivity contribution in [3.05, 3.63) is 48.0 Å². The molecule has 2 fully saturated rings. The molecule has 116 valence electrons. The molecule has 2 aromatic rings. The van der Waals surface area contributed by atoms with Crippen LogP contribution in [0.5, 0.6) is 0 Å². The summed E-state index contributed by atoms with van der Waals surface area (Å²) < 4.78 is 0. The molecule has 2 aliphatic heterocycles. The van der Waals surface area contributed by atoms with Crippen LogP contribution in [0.3, 0.4) is 0 Å². The van der Waals surface area contributed by atoms with Crippen molar-refractivity contribution in [1.82, 2.24) is 9.80 Å². The van der Waals surface area contributed by atoms with Gasteiger partial charge in [0.25, 0.3) is 11.1 Å². The number of rotatable bonds is 2. The van der Waals surface area contributed by atoms with Gasteiger partial charge in [0.15, 0.2) is 0 Å². The summed E-state index contributed by atoms with van der Waals surface area (Å²) in [4.78, 5) is 39.1. The molecule has 0 N–H and O–H groups in total. The minimum Gasteiger partial charge on any atom is -0.334 e. The van der Waals surface area contributed by atoms with Gasteiger partial charge in [0.05, 0.1) is 11.8 Å². The number of carbonyl (C=O) groups excluding carboxylic acids is 3.